The van der Waals surface area contributed by atoms with E-state index >= 15 is 0 Å². The van der Waals surface area contributed by atoms with Gasteiger partial charge in [-0.05, 0) is 45.0 Å². The van der Waals surface area contributed by atoms with E-state index in [4.69, 9.17) is 4.74 Å². The standard InChI is InChI=1S/C17H18N4O/c1-12(2)22-16-7-5-4-6-14(16)15-8-9-17(20-19-15)21-11-10-18-13(21)3/h4-12H,1-3H3. The number of ether oxygens (including phenoxy) is 1. The van der Waals surface area contributed by atoms with Gasteiger partial charge in [-0.25, -0.2) is 4.98 Å². The highest BCUT2D eigenvalue weighted by Crippen LogP contribution is 2.29. The number of aromatic nitrogens is 4. The third-order valence-electron chi connectivity index (χ3n) is 3.25. The molecule has 1 aromatic carbocycles. The number of hydrogen-bond acceptors (Lipinski definition) is 4. The minimum Gasteiger partial charge on any atom is -0.490 e. The van der Waals surface area contributed by atoms with Crippen LogP contribution in [0.3, 0.4) is 0 Å². The third kappa shape index (κ3) is 2.83. The van der Waals surface area contributed by atoms with Crippen molar-refractivity contribution in [2.75, 3.05) is 0 Å². The van der Waals surface area contributed by atoms with Crippen molar-refractivity contribution in [3.63, 3.8) is 0 Å². The van der Waals surface area contributed by atoms with Gasteiger partial charge < -0.3 is 4.74 Å². The fourth-order valence-corrected chi connectivity index (χ4v) is 2.25. The van der Waals surface area contributed by atoms with Crippen LogP contribution >= 0.6 is 0 Å². The highest BCUT2D eigenvalue weighted by molar-refractivity contribution is 5.66. The van der Waals surface area contributed by atoms with Gasteiger partial charge in [0.15, 0.2) is 5.82 Å². The molecule has 0 aliphatic heterocycles. The Bertz CT molecular complexity index is 762. The van der Waals surface area contributed by atoms with Crippen molar-refractivity contribution >= 4 is 0 Å². The van der Waals surface area contributed by atoms with Crippen molar-refractivity contribution in [1.29, 1.82) is 0 Å². The molecule has 2 aromatic heterocycles. The summed E-state index contributed by atoms with van der Waals surface area (Å²) < 4.78 is 7.73. The lowest BCUT2D eigenvalue weighted by Gasteiger charge is -2.13. The SMILES string of the molecule is Cc1nccn1-c1ccc(-c2ccccc2OC(C)C)nn1. The van der Waals surface area contributed by atoms with Crippen LogP contribution in [0.15, 0.2) is 48.8 Å². The molecule has 3 rings (SSSR count). The van der Waals surface area contributed by atoms with E-state index in [1.54, 1.807) is 6.20 Å². The van der Waals surface area contributed by atoms with E-state index in [-0.39, 0.29) is 6.10 Å². The quantitative estimate of drug-likeness (QED) is 0.740. The first-order valence-corrected chi connectivity index (χ1v) is 7.25. The van der Waals surface area contributed by atoms with Crippen molar-refractivity contribution < 1.29 is 4.74 Å². The maximum absolute atomic E-state index is 5.84. The minimum atomic E-state index is 0.113. The molecule has 2 heterocycles. The van der Waals surface area contributed by atoms with Crippen LogP contribution < -0.4 is 4.74 Å². The average Bonchev–Trinajstić information content (AvgIpc) is 2.94. The van der Waals surface area contributed by atoms with E-state index in [2.05, 4.69) is 15.2 Å². The molecule has 0 aliphatic rings. The maximum atomic E-state index is 5.84. The lowest BCUT2D eigenvalue weighted by molar-refractivity contribution is 0.243. The molecule has 0 N–H and O–H groups in total. The van der Waals surface area contributed by atoms with E-state index in [0.717, 1.165) is 28.6 Å². The first-order valence-electron chi connectivity index (χ1n) is 7.25. The zero-order valence-electron chi connectivity index (χ0n) is 12.9. The second-order valence-electron chi connectivity index (χ2n) is 5.28. The Kier molecular flexibility index (Phi) is 3.87. The summed E-state index contributed by atoms with van der Waals surface area (Å²) in [5, 5.41) is 8.63. The predicted molar refractivity (Wildman–Crippen MR) is 85.1 cm³/mol. The molecule has 0 fully saturated rings. The summed E-state index contributed by atoms with van der Waals surface area (Å²) in [6.07, 6.45) is 3.73. The predicted octanol–water partition coefficient (Wildman–Crippen LogP) is 3.42. The van der Waals surface area contributed by atoms with E-state index < -0.39 is 0 Å². The molecule has 0 saturated heterocycles. The number of para-hydroxylation sites is 1. The Morgan fingerprint density at radius 3 is 2.50 bits per heavy atom. The molecule has 0 aliphatic carbocycles. The summed E-state index contributed by atoms with van der Waals surface area (Å²) >= 11 is 0. The average molecular weight is 294 g/mol. The molecule has 112 valence electrons. The lowest BCUT2D eigenvalue weighted by Crippen LogP contribution is -2.07. The zero-order chi connectivity index (χ0) is 15.5. The number of nitrogens with zero attached hydrogens (tertiary/aromatic N) is 4. The van der Waals surface area contributed by atoms with Crippen molar-refractivity contribution in [3.05, 3.63) is 54.6 Å². The van der Waals surface area contributed by atoms with Crippen LogP contribution in [0.4, 0.5) is 0 Å². The molecule has 5 heteroatoms. The number of hydrogen-bond donors (Lipinski definition) is 0. The van der Waals surface area contributed by atoms with E-state index in [1.807, 2.05) is 67.9 Å². The van der Waals surface area contributed by atoms with Crippen molar-refractivity contribution in [3.8, 4) is 22.8 Å². The summed E-state index contributed by atoms with van der Waals surface area (Å²) in [7, 11) is 0. The van der Waals surface area contributed by atoms with Gasteiger partial charge in [-0.2, -0.15) is 0 Å². The first kappa shape index (κ1) is 14.3. The van der Waals surface area contributed by atoms with Crippen molar-refractivity contribution in [1.82, 2.24) is 19.7 Å². The Hall–Kier alpha value is -2.69. The molecular formula is C17H18N4O. The van der Waals surface area contributed by atoms with Gasteiger partial charge in [-0.3, -0.25) is 4.57 Å². The van der Waals surface area contributed by atoms with E-state index in [1.165, 1.54) is 0 Å². The molecule has 0 amide bonds. The zero-order valence-corrected chi connectivity index (χ0v) is 12.9. The molecule has 0 spiro atoms. The molecule has 0 unspecified atom stereocenters. The second-order valence-corrected chi connectivity index (χ2v) is 5.28. The molecule has 3 aromatic rings. The summed E-state index contributed by atoms with van der Waals surface area (Å²) in [6, 6.07) is 11.7. The molecule has 5 nitrogen and oxygen atoms in total. The van der Waals surface area contributed by atoms with Gasteiger partial charge in [0.1, 0.15) is 11.6 Å². The third-order valence-corrected chi connectivity index (χ3v) is 3.25. The van der Waals surface area contributed by atoms with E-state index in [9.17, 15) is 0 Å². The minimum absolute atomic E-state index is 0.113. The van der Waals surface area contributed by atoms with Gasteiger partial charge in [-0.15, -0.1) is 10.2 Å². The molecule has 0 saturated carbocycles. The Morgan fingerprint density at radius 1 is 1.05 bits per heavy atom. The number of benzene rings is 1. The van der Waals surface area contributed by atoms with Crippen LogP contribution in [0.25, 0.3) is 17.1 Å². The largest absolute Gasteiger partial charge is 0.490 e. The summed E-state index contributed by atoms with van der Waals surface area (Å²) in [5.74, 6) is 2.45. The summed E-state index contributed by atoms with van der Waals surface area (Å²) in [4.78, 5) is 4.20. The first-order chi connectivity index (χ1) is 10.6. The highest BCUT2D eigenvalue weighted by atomic mass is 16.5. The van der Waals surface area contributed by atoms with Crippen LogP contribution in [-0.2, 0) is 0 Å². The van der Waals surface area contributed by atoms with Gasteiger partial charge in [0.05, 0.1) is 11.8 Å². The van der Waals surface area contributed by atoms with E-state index in [0.29, 0.717) is 0 Å². The number of aryl methyl sites for hydroxylation is 1. The van der Waals surface area contributed by atoms with Crippen molar-refractivity contribution in [2.24, 2.45) is 0 Å². The number of imidazole rings is 1. The highest BCUT2D eigenvalue weighted by Gasteiger charge is 2.10. The maximum Gasteiger partial charge on any atom is 0.160 e. The monoisotopic (exact) mass is 294 g/mol. The van der Waals surface area contributed by atoms with Gasteiger partial charge >= 0.3 is 0 Å². The van der Waals surface area contributed by atoms with Gasteiger partial charge in [0.25, 0.3) is 0 Å². The van der Waals surface area contributed by atoms with Gasteiger partial charge in [0.2, 0.25) is 0 Å². The smallest absolute Gasteiger partial charge is 0.160 e. The molecule has 0 atom stereocenters. The summed E-state index contributed by atoms with van der Waals surface area (Å²) in [6.45, 7) is 5.95. The fourth-order valence-electron chi connectivity index (χ4n) is 2.25. The fraction of sp³-hybridized carbons (Fsp3) is 0.235. The molecule has 22 heavy (non-hydrogen) atoms. The van der Waals surface area contributed by atoms with Crippen LogP contribution in [0, 0.1) is 6.92 Å². The van der Waals surface area contributed by atoms with Gasteiger partial charge in [-0.1, -0.05) is 12.1 Å². The Morgan fingerprint density at radius 2 is 1.86 bits per heavy atom. The van der Waals surface area contributed by atoms with Gasteiger partial charge in [0, 0.05) is 18.0 Å². The molecule has 0 radical (unpaired) electrons. The Labute approximate surface area is 129 Å². The normalized spacial score (nSPS) is 10.9. The topological polar surface area (TPSA) is 52.8 Å². The molecule has 0 bridgehead atoms. The van der Waals surface area contributed by atoms with Crippen LogP contribution in [0.2, 0.25) is 0 Å². The van der Waals surface area contributed by atoms with Crippen LogP contribution in [-0.4, -0.2) is 25.9 Å². The lowest BCUT2D eigenvalue weighted by atomic mass is 10.1. The van der Waals surface area contributed by atoms with Crippen LogP contribution in [0.5, 0.6) is 5.75 Å². The van der Waals surface area contributed by atoms with Crippen LogP contribution in [0.1, 0.15) is 19.7 Å². The second kappa shape index (κ2) is 5.97. The van der Waals surface area contributed by atoms with Crippen molar-refractivity contribution in [2.45, 2.75) is 26.9 Å². The number of rotatable bonds is 4. The molecular weight excluding hydrogens is 276 g/mol. The summed E-state index contributed by atoms with van der Waals surface area (Å²) in [5.41, 5.74) is 1.73. The Balaban J connectivity index is 1.95.